The van der Waals surface area contributed by atoms with Crippen LogP contribution in [-0.4, -0.2) is 30.9 Å². The molecule has 0 amide bonds. The number of aromatic nitrogens is 3. The molecule has 0 saturated heterocycles. The van der Waals surface area contributed by atoms with Crippen molar-refractivity contribution < 1.29 is 10.0 Å². The summed E-state index contributed by atoms with van der Waals surface area (Å²) in [6, 6.07) is 110. The third-order valence-corrected chi connectivity index (χ3v) is 22.4. The summed E-state index contributed by atoms with van der Waals surface area (Å²) in [5.41, 5.74) is 18.6. The normalized spacial score (nSPS) is 12.1. The lowest BCUT2D eigenvalue weighted by Gasteiger charge is -2.23. The summed E-state index contributed by atoms with van der Waals surface area (Å²) in [6.07, 6.45) is 0. The minimum Gasteiger partial charge on any atom is -0.423 e. The first-order valence-corrected chi connectivity index (χ1v) is 36.6. The highest BCUT2D eigenvalue weighted by Gasteiger charge is 2.24. The Balaban J connectivity index is 0.000000142. The van der Waals surface area contributed by atoms with Crippen LogP contribution in [0.1, 0.15) is 60.1 Å². The fraction of sp³-hybridized carbons (Fsp3) is 0.0947. The van der Waals surface area contributed by atoms with E-state index in [4.69, 9.17) is 0 Å². The Morgan fingerprint density at radius 1 is 0.272 bits per heavy atom. The average Bonchev–Trinajstić information content (AvgIpc) is 1.64. The molecule has 0 radical (unpaired) electrons. The van der Waals surface area contributed by atoms with E-state index < -0.39 is 7.12 Å². The van der Waals surface area contributed by atoms with Crippen molar-refractivity contribution in [1.29, 1.82) is 0 Å². The molecule has 17 aromatic carbocycles. The summed E-state index contributed by atoms with van der Waals surface area (Å²) >= 11 is 7.42. The average molecular weight is 1460 g/mol. The van der Waals surface area contributed by atoms with Crippen molar-refractivity contribution in [3.05, 3.63) is 323 Å². The summed E-state index contributed by atoms with van der Waals surface area (Å²) in [4.78, 5) is 0. The highest BCUT2D eigenvalue weighted by molar-refractivity contribution is 9.11. The number of hydrogen-bond donors (Lipinski definition) is 2. The number of fused-ring (bicyclic) bond motifs is 9. The minimum atomic E-state index is -1.46. The van der Waals surface area contributed by atoms with Gasteiger partial charge in [0.05, 0.1) is 33.1 Å². The second-order valence-corrected chi connectivity index (χ2v) is 31.0. The minimum absolute atomic E-state index is 0. The standard InChI is InChI=1S/C56H40N2.C20H16Br2.C18H14BNO2.CH4/c1-56(2,3)39-30-37-26-28-46-48(35-14-12-16-40(32-35)57-50-22-8-4-18-42(50)43-19-5-9-23-51(43)57)34-49(47-29-27-38(31-39)54(37)55(46)47)36-15-13-17-41(33-36)58-52-24-10-6-20-44(52)45-21-7-11-25-53(45)58;1-20(2,3)13-8-11-4-6-14-16(21)10-17(22)15-7-5-12(9-13)18(11)19(14)15;21-19(22)13-6-5-7-14(12-13)20-17-10-3-1-8-15(17)16-9-2-4-11-18(16)20;/h4-34H,1-3H3;4-10H,1-3H3;1-12,21-22H;1H4. The second-order valence-electron chi connectivity index (χ2n) is 29.3. The quantitative estimate of drug-likeness (QED) is 0.129. The molecule has 3 heterocycles. The van der Waals surface area contributed by atoms with Crippen LogP contribution in [0.2, 0.25) is 0 Å². The lowest BCUT2D eigenvalue weighted by Crippen LogP contribution is -2.29. The topological polar surface area (TPSA) is 55.2 Å². The van der Waals surface area contributed by atoms with E-state index in [1.807, 2.05) is 42.5 Å². The van der Waals surface area contributed by atoms with Gasteiger partial charge in [-0.25, -0.2) is 0 Å². The fourth-order valence-electron chi connectivity index (χ4n) is 16.1. The summed E-state index contributed by atoms with van der Waals surface area (Å²) < 4.78 is 9.28. The van der Waals surface area contributed by atoms with Gasteiger partial charge >= 0.3 is 7.12 Å². The van der Waals surface area contributed by atoms with Crippen LogP contribution < -0.4 is 5.46 Å². The maximum absolute atomic E-state index is 9.42. The van der Waals surface area contributed by atoms with E-state index in [1.54, 1.807) is 6.07 Å². The number of hydrogen-bond acceptors (Lipinski definition) is 2. The molecule has 0 aliphatic rings. The van der Waals surface area contributed by atoms with Gasteiger partial charge in [-0.15, -0.1) is 0 Å². The van der Waals surface area contributed by atoms with Crippen LogP contribution in [0.4, 0.5) is 0 Å². The number of para-hydroxylation sites is 6. The Morgan fingerprint density at radius 2 is 0.563 bits per heavy atom. The number of halogens is 2. The summed E-state index contributed by atoms with van der Waals surface area (Å²) in [7, 11) is -1.46. The maximum atomic E-state index is 9.42. The molecule has 3 aromatic heterocycles. The van der Waals surface area contributed by atoms with E-state index in [0.29, 0.717) is 5.46 Å². The van der Waals surface area contributed by atoms with Gasteiger partial charge in [0.2, 0.25) is 0 Å². The SMILES string of the molecule is C.CC(C)(C)c1cc2ccc3c(-c4cccc(-n5c6ccccc6c6ccccc65)c4)cc(-c4cccc(-n5c6ccccc6c6ccccc65)c4)c4ccc(c1)c2c34.CC(C)(C)c1cc2ccc3c(Br)cc(Br)c4ccc(c1)c2c34.OB(O)c1cccc(-n2c3ccccc3c3ccccc32)c1. The van der Waals surface area contributed by atoms with Crippen LogP contribution in [0.25, 0.3) is 169 Å². The Bertz CT molecular complexity index is 6290. The van der Waals surface area contributed by atoms with Gasteiger partial charge in [0.15, 0.2) is 0 Å². The van der Waals surface area contributed by atoms with Crippen molar-refractivity contribution in [3.63, 3.8) is 0 Å². The molecule has 20 rings (SSSR count). The van der Waals surface area contributed by atoms with E-state index in [2.05, 4.69) is 342 Å². The van der Waals surface area contributed by atoms with E-state index in [-0.39, 0.29) is 18.3 Å². The Morgan fingerprint density at radius 3 is 0.883 bits per heavy atom. The molecule has 0 spiro atoms. The van der Waals surface area contributed by atoms with Gasteiger partial charge in [0.25, 0.3) is 0 Å². The van der Waals surface area contributed by atoms with Crippen LogP contribution in [0.15, 0.2) is 312 Å². The predicted molar refractivity (Wildman–Crippen MR) is 450 cm³/mol. The molecule has 2 N–H and O–H groups in total. The van der Waals surface area contributed by atoms with Crippen molar-refractivity contribution in [2.24, 2.45) is 0 Å². The van der Waals surface area contributed by atoms with E-state index in [0.717, 1.165) is 37.0 Å². The Labute approximate surface area is 616 Å². The highest BCUT2D eigenvalue weighted by atomic mass is 79.9. The van der Waals surface area contributed by atoms with Gasteiger partial charge in [-0.2, -0.15) is 0 Å². The molecule has 5 nitrogen and oxygen atoms in total. The van der Waals surface area contributed by atoms with Gasteiger partial charge < -0.3 is 23.7 Å². The molecule has 0 saturated carbocycles. The lowest BCUT2D eigenvalue weighted by atomic mass is 9.80. The van der Waals surface area contributed by atoms with Crippen LogP contribution >= 0.6 is 31.9 Å². The van der Waals surface area contributed by atoms with Crippen molar-refractivity contribution >= 4 is 174 Å². The number of nitrogens with zero attached hydrogens (tertiary/aromatic N) is 3. The largest absolute Gasteiger partial charge is 0.488 e. The fourth-order valence-corrected chi connectivity index (χ4v) is 17.6. The zero-order chi connectivity index (χ0) is 69.4. The van der Waals surface area contributed by atoms with E-state index in [9.17, 15) is 10.0 Å². The first kappa shape index (κ1) is 65.5. The van der Waals surface area contributed by atoms with E-state index in [1.165, 1.54) is 152 Å². The molecule has 20 aromatic rings. The zero-order valence-corrected chi connectivity index (χ0v) is 60.6. The van der Waals surface area contributed by atoms with Gasteiger partial charge in [-0.05, 0) is 199 Å². The second kappa shape index (κ2) is 25.3. The van der Waals surface area contributed by atoms with Gasteiger partial charge in [0.1, 0.15) is 0 Å². The molecule has 0 bridgehead atoms. The molecule has 8 heteroatoms. The van der Waals surface area contributed by atoms with Crippen LogP contribution in [0.3, 0.4) is 0 Å². The van der Waals surface area contributed by atoms with Crippen molar-refractivity contribution in [1.82, 2.24) is 13.7 Å². The third-order valence-electron chi connectivity index (χ3n) is 21.1. The highest BCUT2D eigenvalue weighted by Crippen LogP contribution is 2.48. The molecule has 498 valence electrons. The Hall–Kier alpha value is -10.8. The van der Waals surface area contributed by atoms with Crippen molar-refractivity contribution in [3.8, 4) is 39.3 Å². The van der Waals surface area contributed by atoms with Gasteiger partial charge in [0, 0.05) is 58.3 Å². The third kappa shape index (κ3) is 11.0. The predicted octanol–water partition coefficient (Wildman–Crippen LogP) is 25.9. The summed E-state index contributed by atoms with van der Waals surface area (Å²) in [5, 5.41) is 42.0. The Kier molecular flexibility index (Phi) is 16.1. The van der Waals surface area contributed by atoms with Crippen LogP contribution in [0.5, 0.6) is 0 Å². The first-order chi connectivity index (χ1) is 49.5. The summed E-state index contributed by atoms with van der Waals surface area (Å²) in [6.45, 7) is 13.7. The monoisotopic (exact) mass is 1460 g/mol. The maximum Gasteiger partial charge on any atom is 0.488 e. The lowest BCUT2D eigenvalue weighted by molar-refractivity contribution is 0.425. The molecular weight excluding hydrogens is 1390 g/mol. The number of benzene rings is 17. The van der Waals surface area contributed by atoms with Crippen molar-refractivity contribution in [2.75, 3.05) is 0 Å². The summed E-state index contributed by atoms with van der Waals surface area (Å²) in [5.74, 6) is 0. The van der Waals surface area contributed by atoms with E-state index >= 15 is 0 Å². The number of rotatable bonds is 6. The van der Waals surface area contributed by atoms with Crippen LogP contribution in [-0.2, 0) is 10.8 Å². The van der Waals surface area contributed by atoms with Crippen molar-refractivity contribution in [2.45, 2.75) is 59.8 Å². The molecule has 0 unspecified atom stereocenters. The van der Waals surface area contributed by atoms with Gasteiger partial charge in [-0.3, -0.25) is 0 Å². The zero-order valence-electron chi connectivity index (χ0n) is 57.4. The molecule has 0 fully saturated rings. The molecule has 0 atom stereocenters. The molecule has 0 aliphatic carbocycles. The van der Waals surface area contributed by atoms with Gasteiger partial charge in [-0.1, -0.05) is 299 Å². The first-order valence-electron chi connectivity index (χ1n) is 35.0. The molecule has 103 heavy (non-hydrogen) atoms. The molecule has 0 aliphatic heterocycles. The van der Waals surface area contributed by atoms with Crippen LogP contribution in [0, 0.1) is 0 Å². The molecular formula is C95H74BBr2N3O2. The smallest absolute Gasteiger partial charge is 0.423 e.